The fourth-order valence-corrected chi connectivity index (χ4v) is 2.66. The molecule has 0 saturated heterocycles. The van der Waals surface area contributed by atoms with Crippen molar-refractivity contribution in [1.82, 2.24) is 14.6 Å². The van der Waals surface area contributed by atoms with Crippen LogP contribution in [0.15, 0.2) is 41.0 Å². The predicted octanol–water partition coefficient (Wildman–Crippen LogP) is 3.36. The Bertz CT molecular complexity index is 841. The summed E-state index contributed by atoms with van der Waals surface area (Å²) in [5.74, 6) is 0.612. The molecule has 1 aromatic carbocycles. The zero-order valence-corrected chi connectivity index (χ0v) is 13.2. The topological polar surface area (TPSA) is 59.3 Å². The molecule has 2 heterocycles. The highest BCUT2D eigenvalue weighted by Crippen LogP contribution is 2.24. The van der Waals surface area contributed by atoms with E-state index in [-0.39, 0.29) is 5.91 Å². The van der Waals surface area contributed by atoms with Gasteiger partial charge >= 0.3 is 0 Å². The Labute approximate surface area is 130 Å². The molecule has 3 aromatic rings. The van der Waals surface area contributed by atoms with Crippen LogP contribution < -0.4 is 5.32 Å². The number of carbonyl (C=O) groups is 1. The van der Waals surface area contributed by atoms with E-state index >= 15 is 0 Å². The summed E-state index contributed by atoms with van der Waals surface area (Å²) in [5.41, 5.74) is 3.06. The van der Waals surface area contributed by atoms with Crippen molar-refractivity contribution in [2.45, 2.75) is 13.8 Å². The van der Waals surface area contributed by atoms with Gasteiger partial charge in [0.15, 0.2) is 5.65 Å². The van der Waals surface area contributed by atoms with Gasteiger partial charge in [0.05, 0.1) is 5.69 Å². The van der Waals surface area contributed by atoms with E-state index in [9.17, 15) is 4.79 Å². The van der Waals surface area contributed by atoms with Gasteiger partial charge in [-0.3, -0.25) is 9.20 Å². The van der Waals surface area contributed by atoms with Crippen LogP contribution in [0.1, 0.15) is 21.7 Å². The summed E-state index contributed by atoms with van der Waals surface area (Å²) in [6.07, 6.45) is 1.80. The van der Waals surface area contributed by atoms with Crippen molar-refractivity contribution in [3.05, 3.63) is 58.0 Å². The minimum atomic E-state index is -0.178. The highest BCUT2D eigenvalue weighted by atomic mass is 79.9. The monoisotopic (exact) mass is 344 g/mol. The number of pyridine rings is 1. The predicted molar refractivity (Wildman–Crippen MR) is 84.6 cm³/mol. The molecule has 1 amide bonds. The Kier molecular flexibility index (Phi) is 3.47. The molecule has 0 atom stereocenters. The Morgan fingerprint density at radius 3 is 2.76 bits per heavy atom. The fraction of sp³-hybridized carbons (Fsp3) is 0.133. The van der Waals surface area contributed by atoms with Crippen LogP contribution in [0, 0.1) is 13.8 Å². The molecule has 2 aromatic heterocycles. The molecular weight excluding hydrogens is 332 g/mol. The lowest BCUT2D eigenvalue weighted by Gasteiger charge is -2.08. The number of nitrogens with zero attached hydrogens (tertiary/aromatic N) is 3. The molecule has 1 N–H and O–H groups in total. The lowest BCUT2D eigenvalue weighted by molar-refractivity contribution is 0.102. The summed E-state index contributed by atoms with van der Waals surface area (Å²) in [5, 5.41) is 10.9. The average molecular weight is 345 g/mol. The van der Waals surface area contributed by atoms with E-state index < -0.39 is 0 Å². The summed E-state index contributed by atoms with van der Waals surface area (Å²) in [6.45, 7) is 3.86. The van der Waals surface area contributed by atoms with Gasteiger partial charge in [0.2, 0.25) is 0 Å². The van der Waals surface area contributed by atoms with Crippen molar-refractivity contribution in [3.8, 4) is 0 Å². The SMILES string of the molecule is Cc1ccc(NC(=O)c2ccn3c(C)nnc3c2)c(Br)c1. The van der Waals surface area contributed by atoms with Gasteiger partial charge in [-0.05, 0) is 59.6 Å². The van der Waals surface area contributed by atoms with E-state index in [0.29, 0.717) is 11.2 Å². The van der Waals surface area contributed by atoms with E-state index in [0.717, 1.165) is 21.5 Å². The maximum atomic E-state index is 12.3. The molecule has 3 rings (SSSR count). The first kappa shape index (κ1) is 13.8. The summed E-state index contributed by atoms with van der Waals surface area (Å²) in [7, 11) is 0. The second kappa shape index (κ2) is 5.29. The molecule has 21 heavy (non-hydrogen) atoms. The molecule has 0 aliphatic rings. The number of anilines is 1. The van der Waals surface area contributed by atoms with Crippen molar-refractivity contribution in [2.24, 2.45) is 0 Å². The van der Waals surface area contributed by atoms with Gasteiger partial charge in [0.25, 0.3) is 5.91 Å². The first-order chi connectivity index (χ1) is 10.0. The van der Waals surface area contributed by atoms with Crippen LogP contribution in [0.2, 0.25) is 0 Å². The van der Waals surface area contributed by atoms with Gasteiger partial charge in [-0.15, -0.1) is 10.2 Å². The average Bonchev–Trinajstić information content (AvgIpc) is 2.83. The Hall–Kier alpha value is -2.21. The number of hydrogen-bond donors (Lipinski definition) is 1. The van der Waals surface area contributed by atoms with Crippen LogP contribution >= 0.6 is 15.9 Å². The maximum Gasteiger partial charge on any atom is 0.255 e. The number of halogens is 1. The molecule has 0 bridgehead atoms. The van der Waals surface area contributed by atoms with Crippen molar-refractivity contribution in [2.75, 3.05) is 5.32 Å². The van der Waals surface area contributed by atoms with Crippen molar-refractivity contribution in [3.63, 3.8) is 0 Å². The Morgan fingerprint density at radius 1 is 1.19 bits per heavy atom. The van der Waals surface area contributed by atoms with Crippen molar-refractivity contribution >= 4 is 33.2 Å². The van der Waals surface area contributed by atoms with E-state index in [1.165, 1.54) is 0 Å². The third-order valence-corrected chi connectivity index (χ3v) is 3.87. The summed E-state index contributed by atoms with van der Waals surface area (Å²) < 4.78 is 2.69. The molecular formula is C15H13BrN4O. The summed E-state index contributed by atoms with van der Waals surface area (Å²) in [4.78, 5) is 12.3. The standard InChI is InChI=1S/C15H13BrN4O/c1-9-3-4-13(12(16)7-9)17-15(21)11-5-6-20-10(2)18-19-14(20)8-11/h3-8H,1-2H3,(H,17,21). The lowest BCUT2D eigenvalue weighted by atomic mass is 10.2. The number of hydrogen-bond acceptors (Lipinski definition) is 3. The van der Waals surface area contributed by atoms with Crippen LogP contribution in [0.5, 0.6) is 0 Å². The molecule has 0 spiro atoms. The van der Waals surface area contributed by atoms with Crippen molar-refractivity contribution in [1.29, 1.82) is 0 Å². The number of aryl methyl sites for hydroxylation is 2. The summed E-state index contributed by atoms with van der Waals surface area (Å²) in [6, 6.07) is 9.25. The highest BCUT2D eigenvalue weighted by Gasteiger charge is 2.10. The molecule has 0 aliphatic carbocycles. The molecule has 0 radical (unpaired) electrons. The number of fused-ring (bicyclic) bond motifs is 1. The second-order valence-electron chi connectivity index (χ2n) is 4.83. The largest absolute Gasteiger partial charge is 0.321 e. The number of amides is 1. The molecule has 0 unspecified atom stereocenters. The number of rotatable bonds is 2. The molecule has 106 valence electrons. The van der Waals surface area contributed by atoms with Gasteiger partial charge in [-0.1, -0.05) is 6.07 Å². The summed E-state index contributed by atoms with van der Waals surface area (Å²) >= 11 is 3.45. The van der Waals surface area contributed by atoms with Crippen LogP contribution in [-0.4, -0.2) is 20.5 Å². The normalized spacial score (nSPS) is 10.8. The third kappa shape index (κ3) is 2.67. The molecule has 6 heteroatoms. The van der Waals surface area contributed by atoms with E-state index in [1.54, 1.807) is 18.3 Å². The third-order valence-electron chi connectivity index (χ3n) is 3.22. The molecule has 5 nitrogen and oxygen atoms in total. The van der Waals surface area contributed by atoms with E-state index in [2.05, 4.69) is 31.4 Å². The number of nitrogens with one attached hydrogen (secondary N) is 1. The van der Waals surface area contributed by atoms with Gasteiger partial charge < -0.3 is 5.32 Å². The minimum Gasteiger partial charge on any atom is -0.321 e. The zero-order valence-electron chi connectivity index (χ0n) is 11.6. The number of aromatic nitrogens is 3. The Balaban J connectivity index is 1.89. The fourth-order valence-electron chi connectivity index (χ4n) is 2.07. The van der Waals surface area contributed by atoms with E-state index in [4.69, 9.17) is 0 Å². The lowest BCUT2D eigenvalue weighted by Crippen LogP contribution is -2.12. The highest BCUT2D eigenvalue weighted by molar-refractivity contribution is 9.10. The van der Waals surface area contributed by atoms with Crippen LogP contribution in [0.25, 0.3) is 5.65 Å². The van der Waals surface area contributed by atoms with Crippen LogP contribution in [0.3, 0.4) is 0 Å². The quantitative estimate of drug-likeness (QED) is 0.775. The van der Waals surface area contributed by atoms with E-state index in [1.807, 2.05) is 36.4 Å². The smallest absolute Gasteiger partial charge is 0.255 e. The van der Waals surface area contributed by atoms with Crippen molar-refractivity contribution < 1.29 is 4.79 Å². The first-order valence-corrected chi connectivity index (χ1v) is 7.23. The number of carbonyl (C=O) groups excluding carboxylic acids is 1. The Morgan fingerprint density at radius 2 is 2.00 bits per heavy atom. The molecule has 0 saturated carbocycles. The minimum absolute atomic E-state index is 0.178. The van der Waals surface area contributed by atoms with Gasteiger partial charge in [-0.25, -0.2) is 0 Å². The zero-order chi connectivity index (χ0) is 15.0. The van der Waals surface area contributed by atoms with Gasteiger partial charge in [-0.2, -0.15) is 0 Å². The maximum absolute atomic E-state index is 12.3. The molecule has 0 fully saturated rings. The van der Waals surface area contributed by atoms with Crippen LogP contribution in [-0.2, 0) is 0 Å². The van der Waals surface area contributed by atoms with Gasteiger partial charge in [0, 0.05) is 16.2 Å². The van der Waals surface area contributed by atoms with Crippen LogP contribution in [0.4, 0.5) is 5.69 Å². The number of benzene rings is 1. The second-order valence-corrected chi connectivity index (χ2v) is 5.68. The van der Waals surface area contributed by atoms with Gasteiger partial charge in [0.1, 0.15) is 5.82 Å². The first-order valence-electron chi connectivity index (χ1n) is 6.43. The molecule has 0 aliphatic heterocycles.